The van der Waals surface area contributed by atoms with Gasteiger partial charge in [0.1, 0.15) is 5.75 Å². The van der Waals surface area contributed by atoms with E-state index >= 15 is 0 Å². The highest BCUT2D eigenvalue weighted by molar-refractivity contribution is 7.98. The number of hydrogen-bond acceptors (Lipinski definition) is 4. The Labute approximate surface area is 163 Å². The van der Waals surface area contributed by atoms with E-state index < -0.39 is 0 Å². The second kappa shape index (κ2) is 8.77. The fraction of sp³-hybridized carbons (Fsp3) is 0.238. The van der Waals surface area contributed by atoms with Crippen molar-refractivity contribution in [1.29, 1.82) is 0 Å². The second-order valence-corrected chi connectivity index (χ2v) is 7.08. The van der Waals surface area contributed by atoms with Gasteiger partial charge in [0, 0.05) is 4.90 Å². The number of amides is 1. The molecule has 0 spiro atoms. The Morgan fingerprint density at radius 3 is 2.48 bits per heavy atom. The van der Waals surface area contributed by atoms with E-state index in [1.165, 1.54) is 0 Å². The summed E-state index contributed by atoms with van der Waals surface area (Å²) < 4.78 is 7.48. The first-order chi connectivity index (χ1) is 13.1. The Morgan fingerprint density at radius 2 is 1.81 bits per heavy atom. The van der Waals surface area contributed by atoms with Gasteiger partial charge in [-0.3, -0.25) is 9.48 Å². The lowest BCUT2D eigenvalue weighted by atomic mass is 10.2. The van der Waals surface area contributed by atoms with Crippen molar-refractivity contribution in [2.24, 2.45) is 0 Å². The average Bonchev–Trinajstić information content (AvgIpc) is 2.95. The number of nitrogens with one attached hydrogen (secondary N) is 1. The maximum atomic E-state index is 12.3. The van der Waals surface area contributed by atoms with Gasteiger partial charge in [0.15, 0.2) is 6.61 Å². The number of anilines is 1. The molecular formula is C21H23N3O2S. The van der Waals surface area contributed by atoms with Gasteiger partial charge < -0.3 is 10.1 Å². The van der Waals surface area contributed by atoms with Crippen molar-refractivity contribution in [1.82, 2.24) is 9.78 Å². The van der Waals surface area contributed by atoms with Crippen molar-refractivity contribution in [3.63, 3.8) is 0 Å². The van der Waals surface area contributed by atoms with E-state index in [9.17, 15) is 4.79 Å². The van der Waals surface area contributed by atoms with E-state index in [0.29, 0.717) is 12.3 Å². The van der Waals surface area contributed by atoms with Crippen LogP contribution in [0.2, 0.25) is 0 Å². The third kappa shape index (κ3) is 4.92. The van der Waals surface area contributed by atoms with Crippen LogP contribution < -0.4 is 10.1 Å². The molecule has 0 unspecified atom stereocenters. The summed E-state index contributed by atoms with van der Waals surface area (Å²) in [6, 6.07) is 17.8. The minimum atomic E-state index is -0.200. The number of ether oxygens (including phenoxy) is 1. The second-order valence-electron chi connectivity index (χ2n) is 6.20. The van der Waals surface area contributed by atoms with Crippen LogP contribution in [-0.4, -0.2) is 28.6 Å². The largest absolute Gasteiger partial charge is 0.484 e. The first-order valence-electron chi connectivity index (χ1n) is 8.71. The standard InChI is InChI=1S/C21H23N3O2S/c1-15-21(16(2)24(23-15)13-17-7-5-4-6-8-17)22-20(25)14-26-18-9-11-19(27-3)12-10-18/h4-12H,13-14H2,1-3H3,(H,22,25). The Morgan fingerprint density at radius 1 is 1.11 bits per heavy atom. The highest BCUT2D eigenvalue weighted by Gasteiger charge is 2.14. The minimum Gasteiger partial charge on any atom is -0.484 e. The zero-order valence-corrected chi connectivity index (χ0v) is 16.5. The molecule has 1 amide bonds. The number of rotatable bonds is 7. The molecule has 0 aliphatic heterocycles. The Hall–Kier alpha value is -2.73. The monoisotopic (exact) mass is 381 g/mol. The van der Waals surface area contributed by atoms with Gasteiger partial charge in [-0.25, -0.2) is 0 Å². The van der Waals surface area contributed by atoms with Gasteiger partial charge in [-0.05, 0) is 49.9 Å². The van der Waals surface area contributed by atoms with Crippen LogP contribution in [0.1, 0.15) is 17.0 Å². The van der Waals surface area contributed by atoms with Gasteiger partial charge >= 0.3 is 0 Å². The number of carbonyl (C=O) groups is 1. The van der Waals surface area contributed by atoms with E-state index in [1.807, 2.05) is 67.2 Å². The molecule has 3 rings (SSSR count). The minimum absolute atomic E-state index is 0.0403. The maximum Gasteiger partial charge on any atom is 0.262 e. The molecule has 0 bridgehead atoms. The number of benzene rings is 2. The van der Waals surface area contributed by atoms with Crippen LogP contribution in [0.25, 0.3) is 0 Å². The Bertz CT molecular complexity index is 905. The molecule has 0 aliphatic rings. The SMILES string of the molecule is CSc1ccc(OCC(=O)Nc2c(C)nn(Cc3ccccc3)c2C)cc1. The number of hydrogen-bond donors (Lipinski definition) is 1. The number of carbonyl (C=O) groups excluding carboxylic acids is 1. The van der Waals surface area contributed by atoms with Gasteiger partial charge in [0.2, 0.25) is 0 Å². The summed E-state index contributed by atoms with van der Waals surface area (Å²) in [7, 11) is 0. The molecule has 0 fully saturated rings. The zero-order chi connectivity index (χ0) is 19.2. The van der Waals surface area contributed by atoms with Crippen molar-refractivity contribution < 1.29 is 9.53 Å². The molecule has 3 aromatic rings. The molecule has 0 aliphatic carbocycles. The van der Waals surface area contributed by atoms with Gasteiger partial charge in [-0.15, -0.1) is 11.8 Å². The van der Waals surface area contributed by atoms with Gasteiger partial charge in [0.25, 0.3) is 5.91 Å². The highest BCUT2D eigenvalue weighted by Crippen LogP contribution is 2.21. The number of nitrogens with zero attached hydrogens (tertiary/aromatic N) is 2. The lowest BCUT2D eigenvalue weighted by molar-refractivity contribution is -0.118. The number of aromatic nitrogens is 2. The van der Waals surface area contributed by atoms with Gasteiger partial charge in [-0.1, -0.05) is 30.3 Å². The van der Waals surface area contributed by atoms with E-state index in [4.69, 9.17) is 4.74 Å². The van der Waals surface area contributed by atoms with Crippen LogP contribution in [0.4, 0.5) is 5.69 Å². The van der Waals surface area contributed by atoms with Crippen LogP contribution in [0.5, 0.6) is 5.75 Å². The van der Waals surface area contributed by atoms with Gasteiger partial charge in [0.05, 0.1) is 23.6 Å². The molecule has 0 saturated heterocycles. The van der Waals surface area contributed by atoms with E-state index in [-0.39, 0.29) is 12.5 Å². The molecule has 0 atom stereocenters. The van der Waals surface area contributed by atoms with Crippen LogP contribution in [0.3, 0.4) is 0 Å². The molecule has 0 saturated carbocycles. The molecular weight excluding hydrogens is 358 g/mol. The van der Waals surface area contributed by atoms with Crippen LogP contribution in [0, 0.1) is 13.8 Å². The summed E-state index contributed by atoms with van der Waals surface area (Å²) in [5.74, 6) is 0.477. The lowest BCUT2D eigenvalue weighted by Crippen LogP contribution is -2.21. The summed E-state index contributed by atoms with van der Waals surface area (Å²) in [4.78, 5) is 13.5. The van der Waals surface area contributed by atoms with E-state index in [0.717, 1.165) is 27.5 Å². The molecule has 1 aromatic heterocycles. The maximum absolute atomic E-state index is 12.3. The molecule has 27 heavy (non-hydrogen) atoms. The first-order valence-corrected chi connectivity index (χ1v) is 9.94. The molecule has 5 nitrogen and oxygen atoms in total. The van der Waals surface area contributed by atoms with Crippen LogP contribution >= 0.6 is 11.8 Å². The zero-order valence-electron chi connectivity index (χ0n) is 15.7. The topological polar surface area (TPSA) is 56.1 Å². The number of thioether (sulfide) groups is 1. The predicted molar refractivity (Wildman–Crippen MR) is 110 cm³/mol. The fourth-order valence-corrected chi connectivity index (χ4v) is 3.19. The van der Waals surface area contributed by atoms with Crippen molar-refractivity contribution in [2.45, 2.75) is 25.3 Å². The third-order valence-corrected chi connectivity index (χ3v) is 4.99. The molecule has 1 N–H and O–H groups in total. The van der Waals surface area contributed by atoms with Crippen molar-refractivity contribution in [2.75, 3.05) is 18.2 Å². The summed E-state index contributed by atoms with van der Waals surface area (Å²) in [6.07, 6.45) is 2.02. The summed E-state index contributed by atoms with van der Waals surface area (Å²) in [6.45, 7) is 4.48. The smallest absolute Gasteiger partial charge is 0.262 e. The molecule has 6 heteroatoms. The average molecular weight is 382 g/mol. The predicted octanol–water partition coefficient (Wildman–Crippen LogP) is 4.29. The molecule has 2 aromatic carbocycles. The van der Waals surface area contributed by atoms with Crippen LogP contribution in [-0.2, 0) is 11.3 Å². The quantitative estimate of drug-likeness (QED) is 0.621. The van der Waals surface area contributed by atoms with Crippen molar-refractivity contribution >= 4 is 23.4 Å². The van der Waals surface area contributed by atoms with Gasteiger partial charge in [-0.2, -0.15) is 5.10 Å². The summed E-state index contributed by atoms with van der Waals surface area (Å²) >= 11 is 1.67. The van der Waals surface area contributed by atoms with Crippen LogP contribution in [0.15, 0.2) is 59.5 Å². The molecule has 140 valence electrons. The Balaban J connectivity index is 1.61. The van der Waals surface area contributed by atoms with Crippen molar-refractivity contribution in [3.05, 3.63) is 71.5 Å². The highest BCUT2D eigenvalue weighted by atomic mass is 32.2. The van der Waals surface area contributed by atoms with E-state index in [1.54, 1.807) is 11.8 Å². The fourth-order valence-electron chi connectivity index (χ4n) is 2.78. The van der Waals surface area contributed by atoms with E-state index in [2.05, 4.69) is 22.5 Å². The Kier molecular flexibility index (Phi) is 6.19. The summed E-state index contributed by atoms with van der Waals surface area (Å²) in [5.41, 5.74) is 3.63. The molecule has 0 radical (unpaired) electrons. The molecule has 1 heterocycles. The first kappa shape index (κ1) is 19.0. The summed E-state index contributed by atoms with van der Waals surface area (Å²) in [5, 5.41) is 7.48. The third-order valence-electron chi connectivity index (χ3n) is 4.25. The normalized spacial score (nSPS) is 10.6. The van der Waals surface area contributed by atoms with Crippen molar-refractivity contribution in [3.8, 4) is 5.75 Å². The lowest BCUT2D eigenvalue weighted by Gasteiger charge is -2.09. The number of aryl methyl sites for hydroxylation is 1.